The number of esters is 1. The zero-order valence-electron chi connectivity index (χ0n) is 22.3. The van der Waals surface area contributed by atoms with Crippen LogP contribution < -0.4 is 10.6 Å². The van der Waals surface area contributed by atoms with Crippen molar-refractivity contribution in [2.24, 2.45) is 0 Å². The van der Waals surface area contributed by atoms with Gasteiger partial charge in [-0.25, -0.2) is 4.79 Å². The summed E-state index contributed by atoms with van der Waals surface area (Å²) in [6.45, 7) is 3.17. The number of anilines is 2. The summed E-state index contributed by atoms with van der Waals surface area (Å²) in [5.74, 6) is -0.835. The van der Waals surface area contributed by atoms with E-state index in [0.717, 1.165) is 12.1 Å². The Bertz CT molecular complexity index is 1410. The van der Waals surface area contributed by atoms with Crippen LogP contribution >= 0.6 is 0 Å². The summed E-state index contributed by atoms with van der Waals surface area (Å²) in [5.41, 5.74) is 5.39. The lowest BCUT2D eigenvalue weighted by Gasteiger charge is -2.20. The summed E-state index contributed by atoms with van der Waals surface area (Å²) >= 11 is 0. The van der Waals surface area contributed by atoms with Gasteiger partial charge in [0.05, 0.1) is 29.6 Å². The van der Waals surface area contributed by atoms with E-state index < -0.39 is 5.97 Å². The molecule has 3 aromatic rings. The highest BCUT2D eigenvalue weighted by atomic mass is 16.5. The molecule has 0 aromatic heterocycles. The summed E-state index contributed by atoms with van der Waals surface area (Å²) in [7, 11) is 7.05. The van der Waals surface area contributed by atoms with Gasteiger partial charge in [0.1, 0.15) is 0 Å². The maximum absolute atomic E-state index is 13.3. The molecule has 0 unspecified atom stereocenters. The third-order valence-corrected chi connectivity index (χ3v) is 6.44. The molecule has 3 aromatic carbocycles. The predicted molar refractivity (Wildman–Crippen MR) is 150 cm³/mol. The summed E-state index contributed by atoms with van der Waals surface area (Å²) < 4.78 is 4.89. The van der Waals surface area contributed by atoms with Crippen LogP contribution in [-0.2, 0) is 9.53 Å². The predicted octanol–water partition coefficient (Wildman–Crippen LogP) is 4.35. The molecule has 0 fully saturated rings. The number of likely N-dealkylation sites (N-methyl/N-ethyl adjacent to an activating group) is 2. The SMILES string of the molecule is COC(=O)c1cc2c(cc1C)/C(=C(/Nc1cccc(C(=O)N(C)CCN(C)C)c1)c1ccccc1)C(=O)N2. The Kier molecular flexibility index (Phi) is 7.93. The number of hydrogen-bond acceptors (Lipinski definition) is 6. The molecule has 0 saturated heterocycles. The van der Waals surface area contributed by atoms with E-state index in [9.17, 15) is 14.4 Å². The van der Waals surface area contributed by atoms with Crippen molar-refractivity contribution in [1.82, 2.24) is 9.80 Å². The molecule has 1 heterocycles. The molecule has 0 radical (unpaired) electrons. The smallest absolute Gasteiger partial charge is 0.338 e. The van der Waals surface area contributed by atoms with Crippen molar-refractivity contribution in [2.75, 3.05) is 52.0 Å². The van der Waals surface area contributed by atoms with Crippen molar-refractivity contribution in [3.8, 4) is 0 Å². The lowest BCUT2D eigenvalue weighted by atomic mass is 9.96. The Balaban J connectivity index is 1.76. The first-order valence-corrected chi connectivity index (χ1v) is 12.3. The molecular formula is C30H32N4O4. The summed E-state index contributed by atoms with van der Waals surface area (Å²) in [4.78, 5) is 42.3. The Morgan fingerprint density at radius 1 is 0.921 bits per heavy atom. The minimum Gasteiger partial charge on any atom is -0.465 e. The van der Waals surface area contributed by atoms with E-state index in [1.54, 1.807) is 30.1 Å². The van der Waals surface area contributed by atoms with Crippen LogP contribution in [0.25, 0.3) is 11.3 Å². The van der Waals surface area contributed by atoms with Gasteiger partial charge >= 0.3 is 5.97 Å². The van der Waals surface area contributed by atoms with E-state index in [1.165, 1.54) is 7.11 Å². The molecule has 38 heavy (non-hydrogen) atoms. The second-order valence-corrected chi connectivity index (χ2v) is 9.51. The highest BCUT2D eigenvalue weighted by Crippen LogP contribution is 2.39. The number of carbonyl (C=O) groups is 3. The van der Waals surface area contributed by atoms with Gasteiger partial charge in [-0.05, 0) is 62.5 Å². The molecule has 1 aliphatic heterocycles. The molecule has 196 valence electrons. The van der Waals surface area contributed by atoms with Crippen molar-refractivity contribution in [2.45, 2.75) is 6.92 Å². The zero-order valence-corrected chi connectivity index (χ0v) is 22.3. The van der Waals surface area contributed by atoms with Gasteiger partial charge in [0.15, 0.2) is 0 Å². The number of nitrogens with zero attached hydrogens (tertiary/aromatic N) is 2. The lowest BCUT2D eigenvalue weighted by molar-refractivity contribution is -0.110. The van der Waals surface area contributed by atoms with Crippen molar-refractivity contribution < 1.29 is 19.1 Å². The number of nitrogens with one attached hydrogen (secondary N) is 2. The molecule has 1 aliphatic rings. The molecular weight excluding hydrogens is 480 g/mol. The van der Waals surface area contributed by atoms with Crippen molar-refractivity contribution in [1.29, 1.82) is 0 Å². The van der Waals surface area contributed by atoms with Crippen molar-refractivity contribution in [3.63, 3.8) is 0 Å². The van der Waals surface area contributed by atoms with Crippen LogP contribution in [0.1, 0.15) is 37.4 Å². The zero-order chi connectivity index (χ0) is 27.4. The fraction of sp³-hybridized carbons (Fsp3) is 0.233. The summed E-state index contributed by atoms with van der Waals surface area (Å²) in [5, 5.41) is 6.30. The standard InChI is InChI=1S/C30H32N4O4/c1-19-16-24-25(18-23(19)30(37)38-5)32-28(35)26(24)27(20-10-7-6-8-11-20)31-22-13-9-12-21(17-22)29(36)34(4)15-14-33(2)3/h6-13,16-18,31H,14-15H2,1-5H3,(H,32,35)/b27-26-. The summed E-state index contributed by atoms with van der Waals surface area (Å²) in [6.07, 6.45) is 0. The number of fused-ring (bicyclic) bond motifs is 1. The number of amides is 2. The van der Waals surface area contributed by atoms with E-state index in [-0.39, 0.29) is 11.8 Å². The van der Waals surface area contributed by atoms with E-state index in [1.807, 2.05) is 74.4 Å². The van der Waals surface area contributed by atoms with E-state index in [0.29, 0.717) is 51.4 Å². The van der Waals surface area contributed by atoms with Gasteiger partial charge in [0.2, 0.25) is 0 Å². The molecule has 2 N–H and O–H groups in total. The fourth-order valence-corrected chi connectivity index (χ4v) is 4.33. The van der Waals surface area contributed by atoms with Crippen molar-refractivity contribution >= 4 is 40.4 Å². The van der Waals surface area contributed by atoms with Gasteiger partial charge < -0.3 is 25.2 Å². The number of benzene rings is 3. The number of carbonyl (C=O) groups excluding carboxylic acids is 3. The molecule has 8 heteroatoms. The van der Waals surface area contributed by atoms with Crippen LogP contribution in [0.3, 0.4) is 0 Å². The fourth-order valence-electron chi connectivity index (χ4n) is 4.33. The van der Waals surface area contributed by atoms with Gasteiger partial charge in [-0.3, -0.25) is 9.59 Å². The minimum atomic E-state index is -0.463. The van der Waals surface area contributed by atoms with Crippen LogP contribution in [0.15, 0.2) is 66.7 Å². The topological polar surface area (TPSA) is 91.0 Å². The van der Waals surface area contributed by atoms with Crippen LogP contribution in [0.4, 0.5) is 11.4 Å². The molecule has 8 nitrogen and oxygen atoms in total. The third-order valence-electron chi connectivity index (χ3n) is 6.44. The average Bonchev–Trinajstić information content (AvgIpc) is 3.23. The van der Waals surface area contributed by atoms with Gasteiger partial charge in [0.25, 0.3) is 11.8 Å². The van der Waals surface area contributed by atoms with Crippen LogP contribution in [-0.4, -0.2) is 68.9 Å². The maximum atomic E-state index is 13.3. The molecule has 0 aliphatic carbocycles. The molecule has 0 bridgehead atoms. The first-order valence-electron chi connectivity index (χ1n) is 12.3. The number of ether oxygens (including phenoxy) is 1. The van der Waals surface area contributed by atoms with E-state index in [2.05, 4.69) is 10.6 Å². The molecule has 0 atom stereocenters. The van der Waals surface area contributed by atoms with E-state index in [4.69, 9.17) is 4.74 Å². The van der Waals surface area contributed by atoms with Gasteiger partial charge in [-0.2, -0.15) is 0 Å². The maximum Gasteiger partial charge on any atom is 0.338 e. The quantitative estimate of drug-likeness (QED) is 0.345. The lowest BCUT2D eigenvalue weighted by Crippen LogP contribution is -2.33. The number of methoxy groups -OCH3 is 1. The van der Waals surface area contributed by atoms with Gasteiger partial charge in [-0.1, -0.05) is 36.4 Å². The Morgan fingerprint density at radius 3 is 2.32 bits per heavy atom. The normalized spacial score (nSPS) is 13.6. The minimum absolute atomic E-state index is 0.0840. The third kappa shape index (κ3) is 5.60. The number of rotatable bonds is 8. The van der Waals surface area contributed by atoms with Crippen LogP contribution in [0.2, 0.25) is 0 Å². The average molecular weight is 513 g/mol. The highest BCUT2D eigenvalue weighted by Gasteiger charge is 2.30. The first kappa shape index (κ1) is 26.6. The van der Waals surface area contributed by atoms with Gasteiger partial charge in [-0.15, -0.1) is 0 Å². The Hall–Kier alpha value is -4.43. The molecule has 4 rings (SSSR count). The Morgan fingerprint density at radius 2 is 1.63 bits per heavy atom. The second-order valence-electron chi connectivity index (χ2n) is 9.51. The largest absolute Gasteiger partial charge is 0.465 e. The first-order chi connectivity index (χ1) is 18.2. The summed E-state index contributed by atoms with van der Waals surface area (Å²) in [6, 6.07) is 20.3. The van der Waals surface area contributed by atoms with Crippen molar-refractivity contribution in [3.05, 3.63) is 94.5 Å². The van der Waals surface area contributed by atoms with E-state index >= 15 is 0 Å². The van der Waals surface area contributed by atoms with Crippen LogP contribution in [0.5, 0.6) is 0 Å². The highest BCUT2D eigenvalue weighted by molar-refractivity contribution is 6.37. The second kappa shape index (κ2) is 11.3. The number of hydrogen-bond donors (Lipinski definition) is 2. The monoisotopic (exact) mass is 512 g/mol. The van der Waals surface area contributed by atoms with Crippen LogP contribution in [0, 0.1) is 6.92 Å². The molecule has 0 spiro atoms. The van der Waals surface area contributed by atoms with Gasteiger partial charge in [0, 0.05) is 37.0 Å². The molecule has 2 amide bonds. The number of aryl methyl sites for hydroxylation is 1. The molecule has 0 saturated carbocycles. The Labute approximate surface area is 222 Å².